The van der Waals surface area contributed by atoms with Crippen LogP contribution in [0.3, 0.4) is 0 Å². The number of hydrogen-bond donors (Lipinski definition) is 1. The van der Waals surface area contributed by atoms with Crippen LogP contribution in [0.15, 0.2) is 18.2 Å². The first-order valence-electron chi connectivity index (χ1n) is 5.87. The Morgan fingerprint density at radius 1 is 1.38 bits per heavy atom. The van der Waals surface area contributed by atoms with E-state index in [0.717, 1.165) is 35.5 Å². The molecule has 0 saturated carbocycles. The first-order valence-corrected chi connectivity index (χ1v) is 5.87. The lowest BCUT2D eigenvalue weighted by Gasteiger charge is -2.07. The lowest BCUT2D eigenvalue weighted by Crippen LogP contribution is -2.05. The van der Waals surface area contributed by atoms with Crippen molar-refractivity contribution in [3.8, 4) is 0 Å². The van der Waals surface area contributed by atoms with E-state index in [0.29, 0.717) is 5.92 Å². The number of imidazole rings is 1. The number of nitrogen functional groups attached to an aromatic ring is 1. The molecule has 0 bridgehead atoms. The zero-order valence-electron chi connectivity index (χ0n) is 10.2. The average Bonchev–Trinajstić information content (AvgIpc) is 2.56. The van der Waals surface area contributed by atoms with Gasteiger partial charge in [0.25, 0.3) is 0 Å². The molecule has 1 heterocycles. The van der Waals surface area contributed by atoms with Crippen molar-refractivity contribution in [3.63, 3.8) is 0 Å². The predicted octanol–water partition coefficient (Wildman–Crippen LogP) is 2.84. The molecule has 16 heavy (non-hydrogen) atoms. The number of aromatic nitrogens is 2. The molecule has 2 aromatic rings. The van der Waals surface area contributed by atoms with Gasteiger partial charge in [-0.1, -0.05) is 19.9 Å². The molecule has 0 radical (unpaired) electrons. The number of nitrogens with two attached hydrogens (primary N) is 1. The van der Waals surface area contributed by atoms with Gasteiger partial charge >= 0.3 is 0 Å². The van der Waals surface area contributed by atoms with E-state index in [-0.39, 0.29) is 0 Å². The fourth-order valence-electron chi connectivity index (χ4n) is 2.09. The van der Waals surface area contributed by atoms with E-state index >= 15 is 0 Å². The molecule has 0 atom stereocenters. The van der Waals surface area contributed by atoms with Gasteiger partial charge in [0.05, 0.1) is 11.2 Å². The molecule has 0 aliphatic rings. The summed E-state index contributed by atoms with van der Waals surface area (Å²) in [6.07, 6.45) is 1.00. The fourth-order valence-corrected chi connectivity index (χ4v) is 2.09. The van der Waals surface area contributed by atoms with Crippen LogP contribution >= 0.6 is 0 Å². The summed E-state index contributed by atoms with van der Waals surface area (Å²) in [6.45, 7) is 7.52. The molecule has 86 valence electrons. The Kier molecular flexibility index (Phi) is 2.86. The Balaban J connectivity index is 2.61. The highest BCUT2D eigenvalue weighted by Crippen LogP contribution is 2.23. The van der Waals surface area contributed by atoms with Gasteiger partial charge in [-0.3, -0.25) is 0 Å². The van der Waals surface area contributed by atoms with Crippen molar-refractivity contribution < 1.29 is 0 Å². The van der Waals surface area contributed by atoms with Gasteiger partial charge in [-0.2, -0.15) is 0 Å². The van der Waals surface area contributed by atoms with Crippen molar-refractivity contribution in [3.05, 3.63) is 24.0 Å². The average molecular weight is 217 g/mol. The summed E-state index contributed by atoms with van der Waals surface area (Å²) in [7, 11) is 0. The van der Waals surface area contributed by atoms with Gasteiger partial charge in [-0.15, -0.1) is 0 Å². The maximum absolute atomic E-state index is 5.95. The van der Waals surface area contributed by atoms with Gasteiger partial charge in [-0.25, -0.2) is 4.98 Å². The zero-order chi connectivity index (χ0) is 11.7. The number of hydrogen-bond acceptors (Lipinski definition) is 2. The first kappa shape index (κ1) is 11.0. The number of fused-ring (bicyclic) bond motifs is 1. The molecule has 0 spiro atoms. The molecule has 3 nitrogen and oxygen atoms in total. The van der Waals surface area contributed by atoms with Gasteiger partial charge < -0.3 is 10.3 Å². The lowest BCUT2D eigenvalue weighted by molar-refractivity contribution is 0.590. The molecule has 0 unspecified atom stereocenters. The second-order valence-corrected chi connectivity index (χ2v) is 4.59. The predicted molar refractivity (Wildman–Crippen MR) is 68.4 cm³/mol. The number of aryl methyl sites for hydroxylation is 1. The Labute approximate surface area is 96.3 Å². The van der Waals surface area contributed by atoms with Crippen LogP contribution in [0.2, 0.25) is 0 Å². The van der Waals surface area contributed by atoms with Crippen LogP contribution in [0.5, 0.6) is 0 Å². The van der Waals surface area contributed by atoms with Crippen molar-refractivity contribution in [1.29, 1.82) is 0 Å². The quantitative estimate of drug-likeness (QED) is 0.803. The Bertz CT molecular complexity index is 497. The van der Waals surface area contributed by atoms with Crippen molar-refractivity contribution in [2.75, 3.05) is 5.73 Å². The summed E-state index contributed by atoms with van der Waals surface area (Å²) < 4.78 is 2.26. The maximum atomic E-state index is 5.95. The fraction of sp³-hybridized carbons (Fsp3) is 0.462. The second-order valence-electron chi connectivity index (χ2n) is 4.59. The third-order valence-electron chi connectivity index (χ3n) is 2.80. The molecule has 0 aliphatic heterocycles. The number of benzene rings is 1. The molecule has 0 saturated heterocycles. The van der Waals surface area contributed by atoms with Crippen molar-refractivity contribution >= 4 is 16.7 Å². The molecule has 2 N–H and O–H groups in total. The van der Waals surface area contributed by atoms with E-state index in [1.807, 2.05) is 12.1 Å². The molecule has 1 aromatic carbocycles. The maximum Gasteiger partial charge on any atom is 0.112 e. The van der Waals surface area contributed by atoms with Gasteiger partial charge in [0.2, 0.25) is 0 Å². The van der Waals surface area contributed by atoms with Crippen LogP contribution in [-0.2, 0) is 13.0 Å². The van der Waals surface area contributed by atoms with E-state index in [2.05, 4.69) is 36.4 Å². The number of anilines is 1. The summed E-state index contributed by atoms with van der Waals surface area (Å²) in [4.78, 5) is 4.66. The number of nitrogens with zero attached hydrogens (tertiary/aromatic N) is 2. The Morgan fingerprint density at radius 3 is 2.75 bits per heavy atom. The zero-order valence-corrected chi connectivity index (χ0v) is 10.2. The van der Waals surface area contributed by atoms with E-state index in [9.17, 15) is 0 Å². The minimum absolute atomic E-state index is 0.614. The summed E-state index contributed by atoms with van der Waals surface area (Å²) in [5.74, 6) is 1.76. The van der Waals surface area contributed by atoms with Crippen LogP contribution in [0, 0.1) is 5.92 Å². The third-order valence-corrected chi connectivity index (χ3v) is 2.80. The van der Waals surface area contributed by atoms with Gasteiger partial charge in [0, 0.05) is 13.0 Å². The van der Waals surface area contributed by atoms with Gasteiger partial charge in [0.15, 0.2) is 0 Å². The summed E-state index contributed by atoms with van der Waals surface area (Å²) in [5, 5.41) is 0. The molecule has 2 rings (SSSR count). The topological polar surface area (TPSA) is 43.8 Å². The smallest absolute Gasteiger partial charge is 0.112 e. The monoisotopic (exact) mass is 217 g/mol. The van der Waals surface area contributed by atoms with Crippen LogP contribution in [-0.4, -0.2) is 9.55 Å². The number of rotatable bonds is 3. The standard InChI is InChI=1S/C13H19N3/c1-4-16-11-7-5-6-10(14)13(11)15-12(16)8-9(2)3/h5-7,9H,4,8,14H2,1-3H3. The van der Waals surface area contributed by atoms with Gasteiger partial charge in [0.1, 0.15) is 11.3 Å². The van der Waals surface area contributed by atoms with Crippen LogP contribution in [0.1, 0.15) is 26.6 Å². The highest BCUT2D eigenvalue weighted by molar-refractivity contribution is 5.87. The first-order chi connectivity index (χ1) is 7.63. The molecule has 3 heteroatoms. The van der Waals surface area contributed by atoms with E-state index in [1.54, 1.807) is 0 Å². The van der Waals surface area contributed by atoms with E-state index in [1.165, 1.54) is 0 Å². The minimum atomic E-state index is 0.614. The van der Waals surface area contributed by atoms with Crippen molar-refractivity contribution in [1.82, 2.24) is 9.55 Å². The van der Waals surface area contributed by atoms with Crippen LogP contribution < -0.4 is 5.73 Å². The largest absolute Gasteiger partial charge is 0.397 e. The van der Waals surface area contributed by atoms with Crippen molar-refractivity contribution in [2.24, 2.45) is 5.92 Å². The van der Waals surface area contributed by atoms with E-state index < -0.39 is 0 Å². The highest BCUT2D eigenvalue weighted by Gasteiger charge is 2.11. The van der Waals surface area contributed by atoms with E-state index in [4.69, 9.17) is 5.73 Å². The SMILES string of the molecule is CCn1c(CC(C)C)nc2c(N)cccc21. The summed E-state index contributed by atoms with van der Waals surface area (Å²) >= 11 is 0. The molecule has 0 fully saturated rings. The molecule has 0 amide bonds. The Morgan fingerprint density at radius 2 is 2.12 bits per heavy atom. The minimum Gasteiger partial charge on any atom is -0.397 e. The molecular formula is C13H19N3. The van der Waals surface area contributed by atoms with Gasteiger partial charge in [-0.05, 0) is 25.0 Å². The second kappa shape index (κ2) is 4.16. The third kappa shape index (κ3) is 1.77. The lowest BCUT2D eigenvalue weighted by atomic mass is 10.1. The molecular weight excluding hydrogens is 198 g/mol. The highest BCUT2D eigenvalue weighted by atomic mass is 15.1. The normalized spacial score (nSPS) is 11.5. The summed E-state index contributed by atoms with van der Waals surface area (Å²) in [6, 6.07) is 5.99. The number of para-hydroxylation sites is 1. The summed E-state index contributed by atoms with van der Waals surface area (Å²) in [5.41, 5.74) is 8.82. The van der Waals surface area contributed by atoms with Crippen LogP contribution in [0.25, 0.3) is 11.0 Å². The molecule has 1 aromatic heterocycles. The Hall–Kier alpha value is -1.51. The van der Waals surface area contributed by atoms with Crippen molar-refractivity contribution in [2.45, 2.75) is 33.7 Å². The molecule has 0 aliphatic carbocycles. The van der Waals surface area contributed by atoms with Crippen LogP contribution in [0.4, 0.5) is 5.69 Å².